The lowest BCUT2D eigenvalue weighted by Gasteiger charge is -2.20. The van der Waals surface area contributed by atoms with Crippen LogP contribution in [0.4, 0.5) is 11.5 Å². The number of aliphatic hydroxyl groups excluding tert-OH is 1. The van der Waals surface area contributed by atoms with Crippen LogP contribution in [0.15, 0.2) is 41.1 Å². The summed E-state index contributed by atoms with van der Waals surface area (Å²) in [6.45, 7) is 0.296. The maximum atomic E-state index is 10.1. The Hall–Kier alpha value is -2.21. The highest BCUT2D eigenvalue weighted by atomic mass is 79.9. The summed E-state index contributed by atoms with van der Waals surface area (Å²) in [6.07, 6.45) is -1.47. The maximum Gasteiger partial charge on any atom is 0.184 e. The van der Waals surface area contributed by atoms with Crippen LogP contribution in [0, 0.1) is 0 Å². The Morgan fingerprint density at radius 1 is 1.15 bits per heavy atom. The number of aliphatic hydroxyl groups is 1. The van der Waals surface area contributed by atoms with Crippen molar-refractivity contribution in [1.82, 2.24) is 9.97 Å². The minimum atomic E-state index is -1.07. The summed E-state index contributed by atoms with van der Waals surface area (Å²) >= 11 is 9.60. The summed E-state index contributed by atoms with van der Waals surface area (Å²) in [6, 6.07) is 9.13. The topological polar surface area (TPSA) is 104 Å². The van der Waals surface area contributed by atoms with Gasteiger partial charge in [0.05, 0.1) is 24.3 Å². The largest absolute Gasteiger partial charge is 0.493 e. The van der Waals surface area contributed by atoms with Crippen molar-refractivity contribution in [2.75, 3.05) is 26.1 Å². The van der Waals surface area contributed by atoms with Gasteiger partial charge in [-0.05, 0) is 40.2 Å². The molecule has 2 aliphatic heterocycles. The van der Waals surface area contributed by atoms with E-state index in [9.17, 15) is 5.11 Å². The molecule has 1 aromatic heterocycles. The van der Waals surface area contributed by atoms with Crippen LogP contribution in [-0.4, -0.2) is 66.6 Å². The summed E-state index contributed by atoms with van der Waals surface area (Å²) in [4.78, 5) is 8.76. The van der Waals surface area contributed by atoms with Gasteiger partial charge in [0.1, 0.15) is 30.5 Å². The number of ether oxygens (including phenoxy) is 5. The van der Waals surface area contributed by atoms with Crippen molar-refractivity contribution in [1.29, 1.82) is 0 Å². The normalized spacial score (nSPS) is 26.4. The van der Waals surface area contributed by atoms with Gasteiger partial charge in [-0.3, -0.25) is 0 Å². The molecule has 0 unspecified atom stereocenters. The number of halogens is 2. The standard InChI is InChI=1S/C22H21BrClN3O6/c1-29-15-6-11-14(25-9-26-21(11)27-10-3-4-12(23)13(24)5-10)7-16(15)32-17-8-31-19-18(17)33-22(28)20(19)30-2/h3-7,9,17-20,22,28H,8H2,1-2H3,(H,25,26,27)/t17-,18+,19-,20+,22-/m0/s1. The lowest BCUT2D eigenvalue weighted by molar-refractivity contribution is -0.154. The number of fused-ring (bicyclic) bond motifs is 2. The third-order valence-corrected chi connectivity index (χ3v) is 6.93. The van der Waals surface area contributed by atoms with Gasteiger partial charge in [0, 0.05) is 28.7 Å². The summed E-state index contributed by atoms with van der Waals surface area (Å²) in [7, 11) is 3.07. The Balaban J connectivity index is 1.43. The fraction of sp³-hybridized carbons (Fsp3) is 0.364. The zero-order valence-corrected chi connectivity index (χ0v) is 20.0. The highest BCUT2D eigenvalue weighted by Gasteiger charge is 2.53. The highest BCUT2D eigenvalue weighted by molar-refractivity contribution is 9.10. The van der Waals surface area contributed by atoms with Gasteiger partial charge in [-0.15, -0.1) is 0 Å². The van der Waals surface area contributed by atoms with Gasteiger partial charge in [0.2, 0.25) is 0 Å². The van der Waals surface area contributed by atoms with Gasteiger partial charge in [-0.25, -0.2) is 9.97 Å². The second-order valence-corrected chi connectivity index (χ2v) is 8.90. The summed E-state index contributed by atoms with van der Waals surface area (Å²) in [5.74, 6) is 1.58. The van der Waals surface area contributed by atoms with Gasteiger partial charge in [-0.2, -0.15) is 0 Å². The van der Waals surface area contributed by atoms with Crippen molar-refractivity contribution in [3.05, 3.63) is 46.2 Å². The van der Waals surface area contributed by atoms with E-state index in [2.05, 4.69) is 31.2 Å². The smallest absolute Gasteiger partial charge is 0.184 e. The van der Waals surface area contributed by atoms with Gasteiger partial charge >= 0.3 is 0 Å². The first-order valence-corrected chi connectivity index (χ1v) is 11.3. The molecule has 5 rings (SSSR count). The molecule has 2 aromatic carbocycles. The molecule has 2 N–H and O–H groups in total. The quantitative estimate of drug-likeness (QED) is 0.486. The molecule has 2 fully saturated rings. The minimum absolute atomic E-state index is 0.296. The second-order valence-electron chi connectivity index (χ2n) is 7.64. The third kappa shape index (κ3) is 4.23. The number of rotatable bonds is 6. The molecule has 174 valence electrons. The first kappa shape index (κ1) is 22.6. The molecule has 3 aromatic rings. The molecule has 5 atom stereocenters. The van der Waals surface area contributed by atoms with E-state index < -0.39 is 30.7 Å². The zero-order chi connectivity index (χ0) is 23.1. The highest BCUT2D eigenvalue weighted by Crippen LogP contribution is 2.39. The number of nitrogens with one attached hydrogen (secondary N) is 1. The lowest BCUT2D eigenvalue weighted by Crippen LogP contribution is -2.35. The Bertz CT molecular complexity index is 1180. The fourth-order valence-electron chi connectivity index (χ4n) is 4.10. The Morgan fingerprint density at radius 2 is 2.00 bits per heavy atom. The van der Waals surface area contributed by atoms with E-state index in [1.807, 2.05) is 18.2 Å². The Kier molecular flexibility index (Phi) is 6.30. The van der Waals surface area contributed by atoms with Gasteiger partial charge in [-0.1, -0.05) is 11.6 Å². The Morgan fingerprint density at radius 3 is 2.76 bits per heavy atom. The molecular weight excluding hydrogens is 518 g/mol. The molecule has 0 bridgehead atoms. The fourth-order valence-corrected chi connectivity index (χ4v) is 4.52. The monoisotopic (exact) mass is 537 g/mol. The van der Waals surface area contributed by atoms with E-state index >= 15 is 0 Å². The zero-order valence-electron chi connectivity index (χ0n) is 17.7. The molecule has 2 aliphatic rings. The summed E-state index contributed by atoms with van der Waals surface area (Å²) < 4.78 is 29.3. The van der Waals surface area contributed by atoms with Crippen molar-refractivity contribution >= 4 is 49.9 Å². The van der Waals surface area contributed by atoms with Crippen LogP contribution in [0.1, 0.15) is 0 Å². The number of benzene rings is 2. The molecule has 9 nitrogen and oxygen atoms in total. The molecule has 11 heteroatoms. The number of methoxy groups -OCH3 is 2. The average Bonchev–Trinajstić information content (AvgIpc) is 3.33. The molecule has 0 saturated carbocycles. The van der Waals surface area contributed by atoms with E-state index in [-0.39, 0.29) is 0 Å². The van der Waals surface area contributed by atoms with Crippen molar-refractivity contribution in [3.63, 3.8) is 0 Å². The lowest BCUT2D eigenvalue weighted by atomic mass is 10.1. The van der Waals surface area contributed by atoms with E-state index in [4.69, 9.17) is 35.3 Å². The maximum absolute atomic E-state index is 10.1. The van der Waals surface area contributed by atoms with Crippen molar-refractivity contribution < 1.29 is 28.8 Å². The molecule has 0 spiro atoms. The predicted octanol–water partition coefficient (Wildman–Crippen LogP) is 3.68. The average molecular weight is 539 g/mol. The molecule has 0 amide bonds. The van der Waals surface area contributed by atoms with Crippen LogP contribution in [0.5, 0.6) is 11.5 Å². The van der Waals surface area contributed by atoms with Crippen LogP contribution in [0.3, 0.4) is 0 Å². The van der Waals surface area contributed by atoms with Gasteiger partial charge < -0.3 is 34.1 Å². The van der Waals surface area contributed by atoms with E-state index in [1.54, 1.807) is 19.2 Å². The first-order chi connectivity index (χ1) is 16.0. The molecular formula is C22H21BrClN3O6. The first-order valence-electron chi connectivity index (χ1n) is 10.2. The van der Waals surface area contributed by atoms with Crippen LogP contribution in [0.2, 0.25) is 5.02 Å². The number of hydrogen-bond acceptors (Lipinski definition) is 9. The van der Waals surface area contributed by atoms with Gasteiger partial charge in [0.15, 0.2) is 23.9 Å². The second kappa shape index (κ2) is 9.21. The van der Waals surface area contributed by atoms with Crippen LogP contribution >= 0.6 is 27.5 Å². The van der Waals surface area contributed by atoms with Gasteiger partial charge in [0.25, 0.3) is 0 Å². The predicted molar refractivity (Wildman–Crippen MR) is 124 cm³/mol. The minimum Gasteiger partial charge on any atom is -0.493 e. The third-order valence-electron chi connectivity index (χ3n) is 5.70. The number of anilines is 2. The molecule has 33 heavy (non-hydrogen) atoms. The van der Waals surface area contributed by atoms with Crippen LogP contribution < -0.4 is 14.8 Å². The van der Waals surface area contributed by atoms with E-state index in [0.717, 1.165) is 15.5 Å². The molecule has 3 heterocycles. The van der Waals surface area contributed by atoms with E-state index in [1.165, 1.54) is 13.4 Å². The molecule has 0 aliphatic carbocycles. The van der Waals surface area contributed by atoms with E-state index in [0.29, 0.717) is 34.5 Å². The number of aromatic nitrogens is 2. The Labute approximate surface area is 203 Å². The van der Waals surface area contributed by atoms with Crippen molar-refractivity contribution in [2.24, 2.45) is 0 Å². The van der Waals surface area contributed by atoms with Crippen molar-refractivity contribution in [3.8, 4) is 11.5 Å². The van der Waals surface area contributed by atoms with Crippen LogP contribution in [0.25, 0.3) is 10.9 Å². The number of nitrogens with zero attached hydrogens (tertiary/aromatic N) is 2. The number of hydrogen-bond donors (Lipinski definition) is 2. The molecule has 2 saturated heterocycles. The summed E-state index contributed by atoms with van der Waals surface area (Å²) in [5.41, 5.74) is 1.44. The SMILES string of the molecule is COc1cc2c(Nc3ccc(Br)c(Cl)c3)ncnc2cc1O[C@H]1CO[C@@H]2[C@@H](OC)[C@@H](O)O[C@@H]21. The summed E-state index contributed by atoms with van der Waals surface area (Å²) in [5, 5.41) is 14.7. The molecule has 0 radical (unpaired) electrons. The van der Waals surface area contributed by atoms with Crippen LogP contribution in [-0.2, 0) is 14.2 Å². The van der Waals surface area contributed by atoms with Crippen molar-refractivity contribution in [2.45, 2.75) is 30.7 Å².